The lowest BCUT2D eigenvalue weighted by Gasteiger charge is -2.39. The summed E-state index contributed by atoms with van der Waals surface area (Å²) >= 11 is 0. The second-order valence-corrected chi connectivity index (χ2v) is 7.98. The number of ether oxygens (including phenoxy) is 1. The van der Waals surface area contributed by atoms with E-state index in [1.165, 1.54) is 11.1 Å². The van der Waals surface area contributed by atoms with Crippen molar-refractivity contribution in [2.45, 2.75) is 38.3 Å². The Kier molecular flexibility index (Phi) is 4.45. The molecule has 0 spiro atoms. The van der Waals surface area contributed by atoms with E-state index in [-0.39, 0.29) is 17.4 Å². The SMILES string of the molecule is CC1(C)CN(CC(=O)N[C@@H]2CCOc3ccccc32)Cc2ccccc21. The third kappa shape index (κ3) is 3.34. The molecule has 1 amide bonds. The molecule has 1 N–H and O–H groups in total. The summed E-state index contributed by atoms with van der Waals surface area (Å²) in [5, 5.41) is 3.21. The molecule has 26 heavy (non-hydrogen) atoms. The van der Waals surface area contributed by atoms with Crippen LogP contribution in [0.25, 0.3) is 0 Å². The van der Waals surface area contributed by atoms with Crippen molar-refractivity contribution in [1.29, 1.82) is 0 Å². The van der Waals surface area contributed by atoms with Gasteiger partial charge in [0.25, 0.3) is 0 Å². The Hall–Kier alpha value is -2.33. The topological polar surface area (TPSA) is 41.6 Å². The highest BCUT2D eigenvalue weighted by molar-refractivity contribution is 5.78. The minimum absolute atomic E-state index is 0.0394. The lowest BCUT2D eigenvalue weighted by molar-refractivity contribution is -0.123. The van der Waals surface area contributed by atoms with E-state index in [0.717, 1.165) is 30.8 Å². The van der Waals surface area contributed by atoms with Crippen LogP contribution in [0.5, 0.6) is 5.75 Å². The van der Waals surface area contributed by atoms with E-state index in [1.807, 2.05) is 24.3 Å². The molecule has 0 aromatic heterocycles. The smallest absolute Gasteiger partial charge is 0.234 e. The molecule has 2 aliphatic heterocycles. The van der Waals surface area contributed by atoms with Gasteiger partial charge in [-0.1, -0.05) is 56.3 Å². The minimum atomic E-state index is 0.0394. The molecule has 2 heterocycles. The van der Waals surface area contributed by atoms with Crippen LogP contribution in [0.3, 0.4) is 0 Å². The molecular weight excluding hydrogens is 324 g/mol. The second kappa shape index (κ2) is 6.76. The lowest BCUT2D eigenvalue weighted by Crippen LogP contribution is -2.47. The third-order valence-electron chi connectivity index (χ3n) is 5.42. The Bertz CT molecular complexity index is 815. The molecule has 4 nitrogen and oxygen atoms in total. The summed E-state index contributed by atoms with van der Waals surface area (Å²) < 4.78 is 5.69. The average Bonchev–Trinajstić information content (AvgIpc) is 2.61. The van der Waals surface area contributed by atoms with Crippen LogP contribution in [-0.2, 0) is 16.8 Å². The number of fused-ring (bicyclic) bond motifs is 2. The van der Waals surface area contributed by atoms with Crippen LogP contribution in [0.15, 0.2) is 48.5 Å². The number of amides is 1. The van der Waals surface area contributed by atoms with E-state index in [2.05, 4.69) is 48.3 Å². The molecule has 0 unspecified atom stereocenters. The zero-order chi connectivity index (χ0) is 18.1. The summed E-state index contributed by atoms with van der Waals surface area (Å²) in [6.45, 7) is 7.30. The van der Waals surface area contributed by atoms with Gasteiger partial charge in [-0.25, -0.2) is 0 Å². The Labute approximate surface area is 155 Å². The fraction of sp³-hybridized carbons (Fsp3) is 0.409. The fourth-order valence-electron chi connectivity index (χ4n) is 4.31. The summed E-state index contributed by atoms with van der Waals surface area (Å²) in [6.07, 6.45) is 0.817. The normalized spacial score (nSPS) is 21.2. The second-order valence-electron chi connectivity index (χ2n) is 7.98. The van der Waals surface area contributed by atoms with Gasteiger partial charge in [0.1, 0.15) is 5.75 Å². The summed E-state index contributed by atoms with van der Waals surface area (Å²) in [6, 6.07) is 16.6. The number of carbonyl (C=O) groups is 1. The van der Waals surface area contributed by atoms with Crippen LogP contribution in [0.2, 0.25) is 0 Å². The molecule has 0 saturated heterocycles. The monoisotopic (exact) mass is 350 g/mol. The van der Waals surface area contributed by atoms with Crippen LogP contribution in [0, 0.1) is 0 Å². The first-order valence-electron chi connectivity index (χ1n) is 9.35. The molecule has 0 radical (unpaired) electrons. The van der Waals surface area contributed by atoms with E-state index in [0.29, 0.717) is 13.2 Å². The van der Waals surface area contributed by atoms with Gasteiger partial charge in [-0.3, -0.25) is 9.69 Å². The fourth-order valence-corrected chi connectivity index (χ4v) is 4.31. The van der Waals surface area contributed by atoms with Crippen LogP contribution < -0.4 is 10.1 Å². The molecule has 1 atom stereocenters. The van der Waals surface area contributed by atoms with E-state index >= 15 is 0 Å². The molecule has 4 rings (SSSR count). The van der Waals surface area contributed by atoms with Gasteiger partial charge < -0.3 is 10.1 Å². The molecule has 4 heteroatoms. The van der Waals surface area contributed by atoms with Gasteiger partial charge in [0.15, 0.2) is 0 Å². The molecule has 2 aromatic rings. The summed E-state index contributed by atoms with van der Waals surface area (Å²) in [7, 11) is 0. The van der Waals surface area contributed by atoms with Crippen LogP contribution in [-0.4, -0.2) is 30.5 Å². The maximum Gasteiger partial charge on any atom is 0.234 e. The number of rotatable bonds is 3. The van der Waals surface area contributed by atoms with Gasteiger partial charge in [0.2, 0.25) is 5.91 Å². The van der Waals surface area contributed by atoms with Crippen molar-refractivity contribution in [2.75, 3.05) is 19.7 Å². The summed E-state index contributed by atoms with van der Waals surface area (Å²) in [4.78, 5) is 15.0. The molecule has 0 saturated carbocycles. The van der Waals surface area contributed by atoms with Crippen molar-refractivity contribution >= 4 is 5.91 Å². The number of benzene rings is 2. The van der Waals surface area contributed by atoms with Gasteiger partial charge in [-0.2, -0.15) is 0 Å². The van der Waals surface area contributed by atoms with Crippen LogP contribution in [0.1, 0.15) is 43.0 Å². The van der Waals surface area contributed by atoms with E-state index in [1.54, 1.807) is 0 Å². The van der Waals surface area contributed by atoms with Crippen molar-refractivity contribution < 1.29 is 9.53 Å². The number of nitrogens with zero attached hydrogens (tertiary/aromatic N) is 1. The highest BCUT2D eigenvalue weighted by Crippen LogP contribution is 2.34. The Balaban J connectivity index is 1.44. The molecule has 0 fully saturated rings. The van der Waals surface area contributed by atoms with Crippen molar-refractivity contribution in [3.05, 3.63) is 65.2 Å². The van der Waals surface area contributed by atoms with Gasteiger partial charge in [-0.05, 0) is 17.2 Å². The van der Waals surface area contributed by atoms with Crippen molar-refractivity contribution in [3.63, 3.8) is 0 Å². The van der Waals surface area contributed by atoms with E-state index in [9.17, 15) is 4.79 Å². The lowest BCUT2D eigenvalue weighted by atomic mass is 9.78. The Morgan fingerprint density at radius 2 is 1.96 bits per heavy atom. The van der Waals surface area contributed by atoms with E-state index in [4.69, 9.17) is 4.74 Å². The van der Waals surface area contributed by atoms with E-state index < -0.39 is 0 Å². The van der Waals surface area contributed by atoms with Gasteiger partial charge in [-0.15, -0.1) is 0 Å². The quantitative estimate of drug-likeness (QED) is 0.922. The predicted octanol–water partition coefficient (Wildman–Crippen LogP) is 3.42. The first-order chi connectivity index (χ1) is 12.5. The van der Waals surface area contributed by atoms with Gasteiger partial charge in [0, 0.05) is 30.5 Å². The van der Waals surface area contributed by atoms with Crippen molar-refractivity contribution in [1.82, 2.24) is 10.2 Å². The predicted molar refractivity (Wildman–Crippen MR) is 102 cm³/mol. The van der Waals surface area contributed by atoms with Crippen LogP contribution in [0.4, 0.5) is 0 Å². The standard InChI is InChI=1S/C22H26N2O2/c1-22(2)15-24(13-16-7-3-5-9-18(16)22)14-21(25)23-19-11-12-26-20-10-6-4-8-17(19)20/h3-10,19H,11-15H2,1-2H3,(H,23,25)/t19-/m1/s1. The summed E-state index contributed by atoms with van der Waals surface area (Å²) in [5.41, 5.74) is 3.86. The maximum atomic E-state index is 12.7. The van der Waals surface area contributed by atoms with Gasteiger partial charge >= 0.3 is 0 Å². The Morgan fingerprint density at radius 3 is 2.85 bits per heavy atom. The number of carbonyl (C=O) groups excluding carboxylic acids is 1. The first kappa shape index (κ1) is 17.1. The molecule has 2 aromatic carbocycles. The maximum absolute atomic E-state index is 12.7. The average molecular weight is 350 g/mol. The van der Waals surface area contributed by atoms with Crippen molar-refractivity contribution in [3.8, 4) is 5.75 Å². The highest BCUT2D eigenvalue weighted by Gasteiger charge is 2.32. The third-order valence-corrected chi connectivity index (χ3v) is 5.42. The number of para-hydroxylation sites is 1. The molecule has 2 aliphatic rings. The number of hydrogen-bond donors (Lipinski definition) is 1. The highest BCUT2D eigenvalue weighted by atomic mass is 16.5. The first-order valence-corrected chi connectivity index (χ1v) is 9.35. The molecule has 0 bridgehead atoms. The number of hydrogen-bond acceptors (Lipinski definition) is 3. The van der Waals surface area contributed by atoms with Crippen LogP contribution >= 0.6 is 0 Å². The van der Waals surface area contributed by atoms with Crippen molar-refractivity contribution in [2.24, 2.45) is 0 Å². The minimum Gasteiger partial charge on any atom is -0.493 e. The zero-order valence-electron chi connectivity index (χ0n) is 15.5. The zero-order valence-corrected chi connectivity index (χ0v) is 15.5. The van der Waals surface area contributed by atoms with Gasteiger partial charge in [0.05, 0.1) is 19.2 Å². The molecular formula is C22H26N2O2. The number of nitrogens with one attached hydrogen (secondary N) is 1. The molecule has 0 aliphatic carbocycles. The Morgan fingerprint density at radius 1 is 1.19 bits per heavy atom. The molecule has 136 valence electrons. The summed E-state index contributed by atoms with van der Waals surface area (Å²) in [5.74, 6) is 0.971. The largest absolute Gasteiger partial charge is 0.493 e.